The van der Waals surface area contributed by atoms with Crippen LogP contribution < -0.4 is 0 Å². The van der Waals surface area contributed by atoms with Gasteiger partial charge in [0.2, 0.25) is 0 Å². The van der Waals surface area contributed by atoms with Gasteiger partial charge in [-0.15, -0.1) is 24.4 Å². The highest BCUT2D eigenvalue weighted by atomic mass is 32.2. The molecule has 0 unspecified atom stereocenters. The molecule has 4 heteroatoms. The molecule has 0 fully saturated rings. The highest BCUT2D eigenvalue weighted by Gasteiger charge is 2.06. The third-order valence-electron chi connectivity index (χ3n) is 1.01. The molecule has 0 N–H and O–H groups in total. The molecule has 0 aliphatic heterocycles. The number of esters is 1. The predicted octanol–water partition coefficient (Wildman–Crippen LogP) is 1.68. The molecule has 0 aromatic rings. The van der Waals surface area contributed by atoms with Crippen LogP contribution in [0.3, 0.4) is 0 Å². The van der Waals surface area contributed by atoms with Crippen molar-refractivity contribution in [3.05, 3.63) is 9.81 Å². The van der Waals surface area contributed by atoms with E-state index in [0.717, 1.165) is 0 Å². The number of hydrogen-bond donors (Lipinski definition) is 1. The molecule has 0 aromatic heterocycles. The Kier molecular flexibility index (Phi) is 4.64. The molecule has 0 bridgehead atoms. The summed E-state index contributed by atoms with van der Waals surface area (Å²) < 4.78 is 5.18. The van der Waals surface area contributed by atoms with Crippen molar-refractivity contribution in [3.63, 3.8) is 0 Å². The van der Waals surface area contributed by atoms with E-state index in [0.29, 0.717) is 9.81 Å². The molecule has 0 radical (unpaired) electrons. The van der Waals surface area contributed by atoms with Crippen LogP contribution in [0.15, 0.2) is 9.81 Å². The van der Waals surface area contributed by atoms with E-state index >= 15 is 0 Å². The third-order valence-corrected chi connectivity index (χ3v) is 2.58. The Hall–Kier alpha value is -0.0900. The zero-order chi connectivity index (χ0) is 8.15. The van der Waals surface area contributed by atoms with Crippen molar-refractivity contribution < 1.29 is 9.53 Å². The summed E-state index contributed by atoms with van der Waals surface area (Å²) in [5.41, 5.74) is 0.554. The Labute approximate surface area is 70.4 Å². The summed E-state index contributed by atoms with van der Waals surface area (Å²) in [7, 11) is 1.35. The minimum Gasteiger partial charge on any atom is -0.466 e. The van der Waals surface area contributed by atoms with Crippen LogP contribution in [0.2, 0.25) is 0 Å². The first-order valence-corrected chi connectivity index (χ1v) is 4.32. The molecule has 0 saturated carbocycles. The Morgan fingerprint density at radius 1 is 1.60 bits per heavy atom. The molecule has 58 valence electrons. The van der Waals surface area contributed by atoms with Gasteiger partial charge in [0.1, 0.15) is 0 Å². The van der Waals surface area contributed by atoms with E-state index < -0.39 is 0 Å². The standard InChI is InChI=1S/C6H10O2S2/c1-4(5(7)8-2)6(9)10-3/h9H,1-3H3/b6-4-. The van der Waals surface area contributed by atoms with Crippen molar-refractivity contribution in [2.75, 3.05) is 13.4 Å². The zero-order valence-electron chi connectivity index (χ0n) is 6.17. The fraction of sp³-hybridized carbons (Fsp3) is 0.500. The number of carbonyl (C=O) groups excluding carboxylic acids is 1. The van der Waals surface area contributed by atoms with Gasteiger partial charge in [-0.1, -0.05) is 0 Å². The van der Waals surface area contributed by atoms with Crippen LogP contribution in [0, 0.1) is 0 Å². The van der Waals surface area contributed by atoms with E-state index in [-0.39, 0.29) is 5.97 Å². The molecule has 0 amide bonds. The van der Waals surface area contributed by atoms with Gasteiger partial charge in [0.15, 0.2) is 0 Å². The number of ether oxygens (including phenoxy) is 1. The number of rotatable bonds is 2. The van der Waals surface area contributed by atoms with E-state index in [1.165, 1.54) is 18.9 Å². The Morgan fingerprint density at radius 2 is 2.10 bits per heavy atom. The lowest BCUT2D eigenvalue weighted by Crippen LogP contribution is -2.01. The average molecular weight is 178 g/mol. The first kappa shape index (κ1) is 9.91. The Bertz CT molecular complexity index is 163. The maximum Gasteiger partial charge on any atom is 0.335 e. The Balaban J connectivity index is 4.30. The SMILES string of the molecule is COC(=O)/C(C)=C(/S)SC. The second-order valence-electron chi connectivity index (χ2n) is 1.63. The minimum absolute atomic E-state index is 0.320. The number of thioether (sulfide) groups is 1. The van der Waals surface area contributed by atoms with Crippen LogP contribution >= 0.6 is 24.4 Å². The predicted molar refractivity (Wildman–Crippen MR) is 47.2 cm³/mol. The van der Waals surface area contributed by atoms with Crippen LogP contribution in [0.4, 0.5) is 0 Å². The van der Waals surface area contributed by atoms with E-state index in [2.05, 4.69) is 17.4 Å². The summed E-state index contributed by atoms with van der Waals surface area (Å²) >= 11 is 5.48. The molecule has 0 saturated heterocycles. The quantitative estimate of drug-likeness (QED) is 0.396. The van der Waals surface area contributed by atoms with Gasteiger partial charge in [-0.3, -0.25) is 0 Å². The summed E-state index contributed by atoms with van der Waals surface area (Å²) in [6.45, 7) is 1.69. The van der Waals surface area contributed by atoms with E-state index in [1.807, 2.05) is 6.26 Å². The van der Waals surface area contributed by atoms with Crippen molar-refractivity contribution >= 4 is 30.4 Å². The fourth-order valence-corrected chi connectivity index (χ4v) is 0.874. The maximum atomic E-state index is 10.8. The topological polar surface area (TPSA) is 26.3 Å². The van der Waals surface area contributed by atoms with Crippen molar-refractivity contribution in [2.45, 2.75) is 6.92 Å². The molecular formula is C6H10O2S2. The van der Waals surface area contributed by atoms with Crippen molar-refractivity contribution in [1.29, 1.82) is 0 Å². The third kappa shape index (κ3) is 2.66. The van der Waals surface area contributed by atoms with Gasteiger partial charge in [-0.2, -0.15) is 0 Å². The van der Waals surface area contributed by atoms with Crippen molar-refractivity contribution in [2.24, 2.45) is 0 Å². The lowest BCUT2D eigenvalue weighted by atomic mass is 10.4. The van der Waals surface area contributed by atoms with Gasteiger partial charge < -0.3 is 4.74 Å². The summed E-state index contributed by atoms with van der Waals surface area (Å²) in [5, 5.41) is 0. The molecule has 2 nitrogen and oxygen atoms in total. The smallest absolute Gasteiger partial charge is 0.335 e. The van der Waals surface area contributed by atoms with Crippen molar-refractivity contribution in [3.8, 4) is 0 Å². The summed E-state index contributed by atoms with van der Waals surface area (Å²) in [6.07, 6.45) is 1.86. The first-order chi connectivity index (χ1) is 4.63. The summed E-state index contributed by atoms with van der Waals surface area (Å²) in [6, 6.07) is 0. The van der Waals surface area contributed by atoms with Crippen LogP contribution in [-0.4, -0.2) is 19.3 Å². The molecule has 0 atom stereocenters. The lowest BCUT2D eigenvalue weighted by Gasteiger charge is -2.00. The molecule has 0 heterocycles. The van der Waals surface area contributed by atoms with E-state index in [1.54, 1.807) is 6.92 Å². The maximum absolute atomic E-state index is 10.8. The van der Waals surface area contributed by atoms with Crippen LogP contribution in [0.5, 0.6) is 0 Å². The van der Waals surface area contributed by atoms with E-state index in [4.69, 9.17) is 0 Å². The minimum atomic E-state index is -0.320. The van der Waals surface area contributed by atoms with Gasteiger partial charge in [-0.05, 0) is 13.2 Å². The van der Waals surface area contributed by atoms with Crippen LogP contribution in [0.25, 0.3) is 0 Å². The normalized spacial score (nSPS) is 12.4. The van der Waals surface area contributed by atoms with E-state index in [9.17, 15) is 4.79 Å². The average Bonchev–Trinajstić information content (AvgIpc) is 2.00. The molecule has 0 spiro atoms. The highest BCUT2D eigenvalue weighted by molar-refractivity contribution is 8.15. The van der Waals surface area contributed by atoms with Gasteiger partial charge in [-0.25, -0.2) is 4.79 Å². The van der Waals surface area contributed by atoms with Gasteiger partial charge >= 0.3 is 5.97 Å². The number of hydrogen-bond acceptors (Lipinski definition) is 4. The molecule has 0 aromatic carbocycles. The van der Waals surface area contributed by atoms with Crippen LogP contribution in [0.1, 0.15) is 6.92 Å². The number of carbonyl (C=O) groups is 1. The fourth-order valence-electron chi connectivity index (χ4n) is 0.393. The van der Waals surface area contributed by atoms with Gasteiger partial charge in [0.05, 0.1) is 12.7 Å². The monoisotopic (exact) mass is 178 g/mol. The summed E-state index contributed by atoms with van der Waals surface area (Å²) in [5.74, 6) is -0.320. The summed E-state index contributed by atoms with van der Waals surface area (Å²) in [4.78, 5) is 10.8. The lowest BCUT2D eigenvalue weighted by molar-refractivity contribution is -0.136. The first-order valence-electron chi connectivity index (χ1n) is 2.65. The van der Waals surface area contributed by atoms with Gasteiger partial charge in [0.25, 0.3) is 0 Å². The zero-order valence-corrected chi connectivity index (χ0v) is 7.88. The second-order valence-corrected chi connectivity index (χ2v) is 3.19. The van der Waals surface area contributed by atoms with Crippen LogP contribution in [-0.2, 0) is 9.53 Å². The Morgan fingerprint density at radius 3 is 2.40 bits per heavy atom. The molecule has 0 aliphatic rings. The molecule has 10 heavy (non-hydrogen) atoms. The van der Waals surface area contributed by atoms with Crippen molar-refractivity contribution in [1.82, 2.24) is 0 Å². The molecule has 0 aliphatic carbocycles. The highest BCUT2D eigenvalue weighted by Crippen LogP contribution is 2.20. The number of thiol groups is 1. The number of methoxy groups -OCH3 is 1. The molecular weight excluding hydrogens is 168 g/mol. The largest absolute Gasteiger partial charge is 0.466 e. The molecule has 0 rings (SSSR count). The van der Waals surface area contributed by atoms with Gasteiger partial charge in [0, 0.05) is 4.24 Å². The second kappa shape index (κ2) is 4.68.